The van der Waals surface area contributed by atoms with Crippen LogP contribution in [0.2, 0.25) is 0 Å². The highest BCUT2D eigenvalue weighted by Gasteiger charge is 2.16. The summed E-state index contributed by atoms with van der Waals surface area (Å²) < 4.78 is 10.5. The van der Waals surface area contributed by atoms with Crippen molar-refractivity contribution in [3.05, 3.63) is 47.5 Å². The number of carbonyl (C=O) groups excluding carboxylic acids is 1. The van der Waals surface area contributed by atoms with Crippen LogP contribution in [0.4, 0.5) is 5.69 Å². The second-order valence-electron chi connectivity index (χ2n) is 4.72. The van der Waals surface area contributed by atoms with E-state index >= 15 is 0 Å². The molecule has 2 N–H and O–H groups in total. The Labute approximate surface area is 129 Å². The Morgan fingerprint density at radius 1 is 1.14 bits per heavy atom. The molecule has 0 bridgehead atoms. The number of methoxy groups -OCH3 is 2. The van der Waals surface area contributed by atoms with Crippen molar-refractivity contribution in [2.75, 3.05) is 19.5 Å². The van der Waals surface area contributed by atoms with Gasteiger partial charge in [-0.25, -0.2) is 0 Å². The largest absolute Gasteiger partial charge is 0.508 e. The number of carbonyl (C=O) groups is 1. The molecule has 5 heteroatoms. The summed E-state index contributed by atoms with van der Waals surface area (Å²) in [7, 11) is 3.09. The van der Waals surface area contributed by atoms with Crippen molar-refractivity contribution in [1.82, 2.24) is 0 Å². The number of amides is 1. The van der Waals surface area contributed by atoms with Gasteiger partial charge in [0.05, 0.1) is 14.2 Å². The van der Waals surface area contributed by atoms with Gasteiger partial charge in [0.2, 0.25) is 0 Å². The first-order valence-corrected chi connectivity index (χ1v) is 6.94. The van der Waals surface area contributed by atoms with Gasteiger partial charge in [0.15, 0.2) is 11.5 Å². The summed E-state index contributed by atoms with van der Waals surface area (Å²) in [6, 6.07) is 9.88. The fourth-order valence-electron chi connectivity index (χ4n) is 2.21. The molecule has 0 aliphatic carbocycles. The van der Waals surface area contributed by atoms with Gasteiger partial charge in [-0.1, -0.05) is 13.0 Å². The van der Waals surface area contributed by atoms with Gasteiger partial charge in [0.25, 0.3) is 5.91 Å². The summed E-state index contributed by atoms with van der Waals surface area (Å²) in [5.41, 5.74) is 1.90. The Balaban J connectivity index is 2.36. The van der Waals surface area contributed by atoms with Crippen LogP contribution in [0.1, 0.15) is 22.8 Å². The Hall–Kier alpha value is -2.69. The van der Waals surface area contributed by atoms with Gasteiger partial charge in [-0.2, -0.15) is 0 Å². The van der Waals surface area contributed by atoms with E-state index in [0.717, 1.165) is 5.56 Å². The molecule has 5 nitrogen and oxygen atoms in total. The van der Waals surface area contributed by atoms with Crippen LogP contribution in [0.5, 0.6) is 17.2 Å². The van der Waals surface area contributed by atoms with E-state index < -0.39 is 0 Å². The molecule has 0 aliphatic rings. The molecule has 1 amide bonds. The fourth-order valence-corrected chi connectivity index (χ4v) is 2.21. The third-order valence-electron chi connectivity index (χ3n) is 3.34. The van der Waals surface area contributed by atoms with Gasteiger partial charge in [-0.05, 0) is 36.2 Å². The number of benzene rings is 2. The van der Waals surface area contributed by atoms with Crippen LogP contribution in [0.15, 0.2) is 36.4 Å². The van der Waals surface area contributed by atoms with Gasteiger partial charge < -0.3 is 19.9 Å². The third kappa shape index (κ3) is 3.31. The number of phenolic OH excluding ortho intramolecular Hbond substituents is 1. The lowest BCUT2D eigenvalue weighted by Gasteiger charge is -2.14. The lowest BCUT2D eigenvalue weighted by Crippen LogP contribution is -2.14. The van der Waals surface area contributed by atoms with Crippen LogP contribution in [-0.2, 0) is 6.42 Å². The zero-order valence-electron chi connectivity index (χ0n) is 12.8. The average molecular weight is 301 g/mol. The van der Waals surface area contributed by atoms with Crippen molar-refractivity contribution in [2.24, 2.45) is 0 Å². The number of rotatable bonds is 5. The molecule has 0 unspecified atom stereocenters. The second-order valence-corrected chi connectivity index (χ2v) is 4.72. The number of aromatic hydroxyl groups is 1. The van der Waals surface area contributed by atoms with Crippen LogP contribution in [0.3, 0.4) is 0 Å². The molecule has 0 spiro atoms. The summed E-state index contributed by atoms with van der Waals surface area (Å²) in [4.78, 5) is 12.5. The molecule has 0 aliphatic heterocycles. The van der Waals surface area contributed by atoms with Crippen molar-refractivity contribution >= 4 is 11.6 Å². The molecule has 22 heavy (non-hydrogen) atoms. The molecule has 0 heterocycles. The molecular weight excluding hydrogens is 282 g/mol. The smallest absolute Gasteiger partial charge is 0.256 e. The quantitative estimate of drug-likeness (QED) is 0.889. The zero-order valence-corrected chi connectivity index (χ0v) is 12.8. The molecule has 116 valence electrons. The standard InChI is InChI=1S/C17H19NO4/c1-4-11-8-15(21-2)16(22-3)10-14(11)17(20)18-12-6-5-7-13(19)9-12/h5-10,19H,4H2,1-3H3,(H,18,20). The van der Waals surface area contributed by atoms with Gasteiger partial charge >= 0.3 is 0 Å². The summed E-state index contributed by atoms with van der Waals surface area (Å²) in [5, 5.41) is 12.2. The molecule has 2 rings (SSSR count). The minimum atomic E-state index is -0.261. The summed E-state index contributed by atoms with van der Waals surface area (Å²) in [5.74, 6) is 0.929. The van der Waals surface area contributed by atoms with E-state index in [1.807, 2.05) is 6.92 Å². The van der Waals surface area contributed by atoms with Crippen molar-refractivity contribution in [1.29, 1.82) is 0 Å². The van der Waals surface area contributed by atoms with Crippen LogP contribution < -0.4 is 14.8 Å². The Morgan fingerprint density at radius 2 is 1.82 bits per heavy atom. The highest BCUT2D eigenvalue weighted by atomic mass is 16.5. The number of aryl methyl sites for hydroxylation is 1. The van der Waals surface area contributed by atoms with Gasteiger partial charge in [-0.15, -0.1) is 0 Å². The molecule has 2 aromatic rings. The molecule has 0 saturated heterocycles. The van der Waals surface area contributed by atoms with Crippen molar-refractivity contribution < 1.29 is 19.4 Å². The van der Waals surface area contributed by atoms with E-state index in [1.54, 1.807) is 37.4 Å². The lowest BCUT2D eigenvalue weighted by atomic mass is 10.0. The topological polar surface area (TPSA) is 67.8 Å². The van der Waals surface area contributed by atoms with Crippen molar-refractivity contribution in [3.63, 3.8) is 0 Å². The van der Waals surface area contributed by atoms with Gasteiger partial charge in [0, 0.05) is 17.3 Å². The van der Waals surface area contributed by atoms with E-state index in [9.17, 15) is 9.90 Å². The SMILES string of the molecule is CCc1cc(OC)c(OC)cc1C(=O)Nc1cccc(O)c1. The predicted molar refractivity (Wildman–Crippen MR) is 85.0 cm³/mol. The number of nitrogens with one attached hydrogen (secondary N) is 1. The number of hydrogen-bond acceptors (Lipinski definition) is 4. The molecule has 0 radical (unpaired) electrons. The second kappa shape index (κ2) is 6.85. The van der Waals surface area contributed by atoms with Gasteiger partial charge in [-0.3, -0.25) is 4.79 Å². The lowest BCUT2D eigenvalue weighted by molar-refractivity contribution is 0.102. The summed E-state index contributed by atoms with van der Waals surface area (Å²) in [6.07, 6.45) is 0.684. The van der Waals surface area contributed by atoms with Gasteiger partial charge in [0.1, 0.15) is 5.75 Å². The molecule has 0 atom stereocenters. The Morgan fingerprint density at radius 3 is 2.41 bits per heavy atom. The highest BCUT2D eigenvalue weighted by Crippen LogP contribution is 2.31. The summed E-state index contributed by atoms with van der Waals surface area (Å²) >= 11 is 0. The minimum absolute atomic E-state index is 0.0980. The highest BCUT2D eigenvalue weighted by molar-refractivity contribution is 6.05. The number of hydrogen-bond donors (Lipinski definition) is 2. The van der Waals surface area contributed by atoms with Crippen molar-refractivity contribution in [2.45, 2.75) is 13.3 Å². The first-order valence-electron chi connectivity index (χ1n) is 6.94. The molecule has 0 aromatic heterocycles. The molecule has 0 fully saturated rings. The van der Waals surface area contributed by atoms with E-state index in [2.05, 4.69) is 5.32 Å². The monoisotopic (exact) mass is 301 g/mol. The predicted octanol–water partition coefficient (Wildman–Crippen LogP) is 3.22. The fraction of sp³-hybridized carbons (Fsp3) is 0.235. The normalized spacial score (nSPS) is 10.1. The van der Waals surface area contributed by atoms with Crippen LogP contribution in [0, 0.1) is 0 Å². The summed E-state index contributed by atoms with van der Waals surface area (Å²) in [6.45, 7) is 1.96. The maximum Gasteiger partial charge on any atom is 0.256 e. The maximum atomic E-state index is 12.5. The van der Waals surface area contributed by atoms with Crippen molar-refractivity contribution in [3.8, 4) is 17.2 Å². The van der Waals surface area contributed by atoms with E-state index in [0.29, 0.717) is 29.2 Å². The maximum absolute atomic E-state index is 12.5. The Kier molecular flexibility index (Phi) is 4.88. The molecule has 0 saturated carbocycles. The molecular formula is C17H19NO4. The number of ether oxygens (including phenoxy) is 2. The number of anilines is 1. The van der Waals surface area contributed by atoms with Crippen LogP contribution in [0.25, 0.3) is 0 Å². The van der Waals surface area contributed by atoms with Crippen LogP contribution >= 0.6 is 0 Å². The van der Waals surface area contributed by atoms with E-state index in [-0.39, 0.29) is 11.7 Å². The minimum Gasteiger partial charge on any atom is -0.508 e. The first-order chi connectivity index (χ1) is 10.6. The average Bonchev–Trinajstić information content (AvgIpc) is 2.53. The first kappa shape index (κ1) is 15.7. The molecule has 2 aromatic carbocycles. The van der Waals surface area contributed by atoms with E-state index in [4.69, 9.17) is 9.47 Å². The zero-order chi connectivity index (χ0) is 16.1. The Bertz CT molecular complexity index is 682. The third-order valence-corrected chi connectivity index (χ3v) is 3.34. The van der Waals surface area contributed by atoms with Crippen LogP contribution in [-0.4, -0.2) is 25.2 Å². The van der Waals surface area contributed by atoms with E-state index in [1.165, 1.54) is 13.2 Å². The number of phenols is 1.